The zero-order valence-electron chi connectivity index (χ0n) is 17.6. The van der Waals surface area contributed by atoms with Gasteiger partial charge in [0.1, 0.15) is 17.3 Å². The number of nitrogens with one attached hydrogen (secondary N) is 2. The number of benzene rings is 2. The number of hydrogen-bond donors (Lipinski definition) is 3. The highest BCUT2D eigenvalue weighted by atomic mass is 16.5. The Hall–Kier alpha value is -4.14. The molecule has 0 aliphatic heterocycles. The van der Waals surface area contributed by atoms with Gasteiger partial charge in [0.25, 0.3) is 5.56 Å². The number of aliphatic carboxylic acids is 1. The van der Waals surface area contributed by atoms with Crippen LogP contribution in [0.15, 0.2) is 53.6 Å². The predicted octanol–water partition coefficient (Wildman–Crippen LogP) is 3.62. The van der Waals surface area contributed by atoms with Gasteiger partial charge < -0.3 is 24.5 Å². The van der Waals surface area contributed by atoms with E-state index in [0.29, 0.717) is 47.1 Å². The minimum Gasteiger partial charge on any atom is -0.493 e. The van der Waals surface area contributed by atoms with Gasteiger partial charge in [0.2, 0.25) is 0 Å². The summed E-state index contributed by atoms with van der Waals surface area (Å²) < 4.78 is 11.4. The van der Waals surface area contributed by atoms with Gasteiger partial charge in [-0.1, -0.05) is 25.1 Å². The van der Waals surface area contributed by atoms with Gasteiger partial charge in [-0.25, -0.2) is 14.8 Å². The summed E-state index contributed by atoms with van der Waals surface area (Å²) in [7, 11) is 0. The maximum Gasteiger partial charge on any atom is 0.344 e. The zero-order chi connectivity index (χ0) is 22.7. The lowest BCUT2D eigenvalue weighted by molar-refractivity contribution is -0.145. The van der Waals surface area contributed by atoms with E-state index in [1.54, 1.807) is 25.1 Å². The van der Waals surface area contributed by atoms with Crippen LogP contribution in [-0.4, -0.2) is 43.7 Å². The minimum atomic E-state index is -1.00. The van der Waals surface area contributed by atoms with Gasteiger partial charge in [0, 0.05) is 0 Å². The molecular formula is C23H22N4O5. The summed E-state index contributed by atoms with van der Waals surface area (Å²) in [5, 5.41) is 9.25. The van der Waals surface area contributed by atoms with Gasteiger partial charge in [-0.3, -0.25) is 4.79 Å². The first-order valence-electron chi connectivity index (χ1n) is 10.2. The number of H-pyrrole nitrogens is 2. The molecule has 0 aliphatic carbocycles. The molecule has 0 fully saturated rings. The second-order valence-corrected chi connectivity index (χ2v) is 7.04. The highest BCUT2D eigenvalue weighted by Gasteiger charge is 2.17. The molecule has 0 amide bonds. The Kier molecular flexibility index (Phi) is 5.89. The van der Waals surface area contributed by atoms with Crippen LogP contribution in [0.3, 0.4) is 0 Å². The highest BCUT2D eigenvalue weighted by Crippen LogP contribution is 2.34. The average molecular weight is 434 g/mol. The fourth-order valence-electron chi connectivity index (χ4n) is 3.36. The van der Waals surface area contributed by atoms with Crippen LogP contribution in [0.4, 0.5) is 0 Å². The van der Waals surface area contributed by atoms with Crippen LogP contribution in [0.25, 0.3) is 33.7 Å². The molecule has 2 aromatic heterocycles. The van der Waals surface area contributed by atoms with Crippen molar-refractivity contribution in [1.29, 1.82) is 0 Å². The van der Waals surface area contributed by atoms with Gasteiger partial charge in [-0.05, 0) is 48.7 Å². The Morgan fingerprint density at radius 2 is 1.97 bits per heavy atom. The molecule has 0 bridgehead atoms. The Balaban J connectivity index is 1.72. The highest BCUT2D eigenvalue weighted by molar-refractivity contribution is 5.77. The standard InChI is InChI=1S/C23H22N4O5/c1-3-17(23(29)30)32-15-7-5-6-13(10-15)14-8-9-16(18(11-14)31-4-2)20-26-21-19(22(28)27-20)24-12-25-21/h5-12,17H,3-4H2,1-2H3,(H,29,30)(H2,24,25,26,27,28)/t17-/m1/s1. The molecule has 0 aliphatic rings. The number of aromatic nitrogens is 4. The molecule has 32 heavy (non-hydrogen) atoms. The summed E-state index contributed by atoms with van der Waals surface area (Å²) in [6.45, 7) is 4.05. The van der Waals surface area contributed by atoms with Crippen LogP contribution >= 0.6 is 0 Å². The number of carbonyl (C=O) groups is 1. The molecule has 0 saturated carbocycles. The first kappa shape index (κ1) is 21.1. The molecular weight excluding hydrogens is 412 g/mol. The van der Waals surface area contributed by atoms with Gasteiger partial charge in [-0.15, -0.1) is 0 Å². The van der Waals surface area contributed by atoms with Crippen LogP contribution < -0.4 is 15.0 Å². The summed E-state index contributed by atoms with van der Waals surface area (Å²) >= 11 is 0. The molecule has 0 spiro atoms. The monoisotopic (exact) mass is 434 g/mol. The summed E-state index contributed by atoms with van der Waals surface area (Å²) in [6.07, 6.45) is 0.867. The second-order valence-electron chi connectivity index (χ2n) is 7.04. The zero-order valence-corrected chi connectivity index (χ0v) is 17.6. The van der Waals surface area contributed by atoms with Crippen molar-refractivity contribution in [2.24, 2.45) is 0 Å². The van der Waals surface area contributed by atoms with Crippen molar-refractivity contribution in [1.82, 2.24) is 19.9 Å². The summed E-state index contributed by atoms with van der Waals surface area (Å²) in [4.78, 5) is 37.7. The average Bonchev–Trinajstić information content (AvgIpc) is 3.27. The van der Waals surface area contributed by atoms with Crippen LogP contribution in [0, 0.1) is 0 Å². The number of imidazole rings is 1. The number of hydrogen-bond acceptors (Lipinski definition) is 6. The van der Waals surface area contributed by atoms with Crippen molar-refractivity contribution in [3.8, 4) is 34.0 Å². The number of carboxylic acids is 1. The first-order chi connectivity index (χ1) is 15.5. The van der Waals surface area contributed by atoms with E-state index in [-0.39, 0.29) is 5.56 Å². The molecule has 3 N–H and O–H groups in total. The van der Waals surface area contributed by atoms with E-state index in [2.05, 4.69) is 19.9 Å². The topological polar surface area (TPSA) is 130 Å². The fourth-order valence-corrected chi connectivity index (χ4v) is 3.36. The number of fused-ring (bicyclic) bond motifs is 1. The van der Waals surface area contributed by atoms with Gasteiger partial charge in [0.05, 0.1) is 18.5 Å². The van der Waals surface area contributed by atoms with E-state index in [9.17, 15) is 14.7 Å². The van der Waals surface area contributed by atoms with Gasteiger partial charge in [-0.2, -0.15) is 0 Å². The predicted molar refractivity (Wildman–Crippen MR) is 119 cm³/mol. The lowest BCUT2D eigenvalue weighted by atomic mass is 10.0. The molecule has 2 heterocycles. The van der Waals surface area contributed by atoms with Crippen LogP contribution in [0.5, 0.6) is 11.5 Å². The number of rotatable bonds is 8. The third-order valence-corrected chi connectivity index (χ3v) is 4.92. The number of carboxylic acid groups (broad SMARTS) is 1. The van der Waals surface area contributed by atoms with Crippen molar-refractivity contribution in [2.75, 3.05) is 6.61 Å². The fraction of sp³-hybridized carbons (Fsp3) is 0.217. The van der Waals surface area contributed by atoms with E-state index in [4.69, 9.17) is 9.47 Å². The second kappa shape index (κ2) is 8.93. The van der Waals surface area contributed by atoms with Crippen molar-refractivity contribution >= 4 is 17.1 Å². The van der Waals surface area contributed by atoms with Crippen LogP contribution in [-0.2, 0) is 4.79 Å². The maximum atomic E-state index is 12.3. The van der Waals surface area contributed by atoms with Crippen molar-refractivity contribution in [3.63, 3.8) is 0 Å². The van der Waals surface area contributed by atoms with Gasteiger partial charge in [0.15, 0.2) is 17.3 Å². The Bertz CT molecular complexity index is 1330. The van der Waals surface area contributed by atoms with Crippen LogP contribution in [0.2, 0.25) is 0 Å². The molecule has 4 aromatic rings. The minimum absolute atomic E-state index is 0.312. The lowest BCUT2D eigenvalue weighted by Crippen LogP contribution is -2.25. The third-order valence-electron chi connectivity index (χ3n) is 4.92. The molecule has 1 atom stereocenters. The first-order valence-corrected chi connectivity index (χ1v) is 10.2. The largest absolute Gasteiger partial charge is 0.493 e. The summed E-state index contributed by atoms with van der Waals surface area (Å²) in [6, 6.07) is 12.7. The number of ether oxygens (including phenoxy) is 2. The molecule has 2 aromatic carbocycles. The van der Waals surface area contributed by atoms with E-state index in [1.807, 2.05) is 31.2 Å². The van der Waals surface area contributed by atoms with E-state index in [0.717, 1.165) is 11.1 Å². The van der Waals surface area contributed by atoms with E-state index < -0.39 is 12.1 Å². The van der Waals surface area contributed by atoms with Crippen LogP contribution in [0.1, 0.15) is 20.3 Å². The smallest absolute Gasteiger partial charge is 0.344 e. The Morgan fingerprint density at radius 3 is 2.72 bits per heavy atom. The molecule has 0 unspecified atom stereocenters. The SMILES string of the molecule is CCOc1cc(-c2cccc(O[C@H](CC)C(=O)O)c2)ccc1-c1nc2nc[nH]c2c(=O)[nH]1. The molecule has 0 radical (unpaired) electrons. The summed E-state index contributed by atoms with van der Waals surface area (Å²) in [5.41, 5.74) is 2.62. The van der Waals surface area contributed by atoms with Crippen molar-refractivity contribution < 1.29 is 19.4 Å². The van der Waals surface area contributed by atoms with Crippen molar-refractivity contribution in [3.05, 3.63) is 59.1 Å². The number of aromatic amines is 2. The van der Waals surface area contributed by atoms with E-state index in [1.165, 1.54) is 6.33 Å². The maximum absolute atomic E-state index is 12.3. The summed E-state index contributed by atoms with van der Waals surface area (Å²) in [5.74, 6) is 0.366. The van der Waals surface area contributed by atoms with Crippen molar-refractivity contribution in [2.45, 2.75) is 26.4 Å². The number of nitrogens with zero attached hydrogens (tertiary/aromatic N) is 2. The molecule has 164 valence electrons. The quantitative estimate of drug-likeness (QED) is 0.386. The third kappa shape index (κ3) is 4.18. The molecule has 4 rings (SSSR count). The Morgan fingerprint density at radius 1 is 1.16 bits per heavy atom. The molecule has 0 saturated heterocycles. The van der Waals surface area contributed by atoms with E-state index >= 15 is 0 Å². The Labute approximate surface area is 183 Å². The molecule has 9 heteroatoms. The normalized spacial score (nSPS) is 11.9. The van der Waals surface area contributed by atoms with Gasteiger partial charge >= 0.3 is 5.97 Å². The lowest BCUT2D eigenvalue weighted by Gasteiger charge is -2.15. The molecule has 9 nitrogen and oxygen atoms in total.